The predicted octanol–water partition coefficient (Wildman–Crippen LogP) is 5.17. The van der Waals surface area contributed by atoms with Crippen LogP contribution in [-0.4, -0.2) is 19.6 Å². The van der Waals surface area contributed by atoms with Gasteiger partial charge in [-0.15, -0.1) is 0 Å². The molecule has 2 rings (SSSR count). The maximum atomic E-state index is 12.4. The number of methoxy groups -OCH3 is 1. The normalized spacial score (nSPS) is 10.7. The third kappa shape index (κ3) is 5.84. The predicted molar refractivity (Wildman–Crippen MR) is 118 cm³/mol. The smallest absolute Gasteiger partial charge is 0.266 e. The summed E-state index contributed by atoms with van der Waals surface area (Å²) in [6, 6.07) is 12.4. The van der Waals surface area contributed by atoms with E-state index in [-0.39, 0.29) is 5.57 Å². The molecule has 0 saturated carbocycles. The molecule has 0 unspecified atom stereocenters. The van der Waals surface area contributed by atoms with Crippen LogP contribution in [0, 0.1) is 14.9 Å². The standard InChI is InChI=1S/C20H16BrIN2O3/c1-3-8-27-19-17(21)10-13(11-18(19)22)9-14(12-23)20(25)24-15-4-6-16(26-2)7-5-15/h3-7,9-11H,1,8H2,2H3,(H,24,25)/b14-9-. The monoisotopic (exact) mass is 538 g/mol. The van der Waals surface area contributed by atoms with E-state index in [1.165, 1.54) is 6.08 Å². The van der Waals surface area contributed by atoms with Crippen LogP contribution in [0.15, 0.2) is 59.1 Å². The lowest BCUT2D eigenvalue weighted by molar-refractivity contribution is -0.112. The molecule has 0 aliphatic heterocycles. The van der Waals surface area contributed by atoms with E-state index >= 15 is 0 Å². The van der Waals surface area contributed by atoms with Crippen LogP contribution in [0.3, 0.4) is 0 Å². The van der Waals surface area contributed by atoms with Crippen molar-refractivity contribution in [1.29, 1.82) is 5.26 Å². The molecule has 2 aromatic rings. The van der Waals surface area contributed by atoms with Gasteiger partial charge in [0.25, 0.3) is 5.91 Å². The van der Waals surface area contributed by atoms with Gasteiger partial charge >= 0.3 is 0 Å². The molecule has 5 nitrogen and oxygen atoms in total. The van der Waals surface area contributed by atoms with Crippen LogP contribution >= 0.6 is 38.5 Å². The number of rotatable bonds is 7. The quantitative estimate of drug-likeness (QED) is 0.228. The number of carbonyl (C=O) groups is 1. The summed E-state index contributed by atoms with van der Waals surface area (Å²) in [7, 11) is 1.57. The summed E-state index contributed by atoms with van der Waals surface area (Å²) in [6.07, 6.45) is 3.19. The van der Waals surface area contributed by atoms with E-state index in [1.807, 2.05) is 12.1 Å². The van der Waals surface area contributed by atoms with Gasteiger partial charge in [-0.25, -0.2) is 0 Å². The van der Waals surface area contributed by atoms with E-state index in [9.17, 15) is 10.1 Å². The largest absolute Gasteiger partial charge is 0.497 e. The number of nitrogens with one attached hydrogen (secondary N) is 1. The van der Waals surface area contributed by atoms with Crippen molar-refractivity contribution in [2.75, 3.05) is 19.0 Å². The summed E-state index contributed by atoms with van der Waals surface area (Å²) >= 11 is 5.59. The molecule has 1 N–H and O–H groups in total. The Morgan fingerprint density at radius 2 is 2.07 bits per heavy atom. The Kier molecular flexibility index (Phi) is 7.88. The van der Waals surface area contributed by atoms with Gasteiger partial charge in [0.1, 0.15) is 29.7 Å². The van der Waals surface area contributed by atoms with Gasteiger partial charge in [-0.2, -0.15) is 5.26 Å². The topological polar surface area (TPSA) is 71.3 Å². The fourth-order valence-corrected chi connectivity index (χ4v) is 3.90. The molecule has 7 heteroatoms. The number of carbonyl (C=O) groups excluding carboxylic acids is 1. The molecule has 27 heavy (non-hydrogen) atoms. The van der Waals surface area contributed by atoms with Crippen LogP contribution in [0.4, 0.5) is 5.69 Å². The molecule has 0 saturated heterocycles. The van der Waals surface area contributed by atoms with Crippen molar-refractivity contribution >= 4 is 56.2 Å². The Labute approximate surface area is 179 Å². The number of hydrogen-bond donors (Lipinski definition) is 1. The first-order valence-corrected chi connectivity index (χ1v) is 9.65. The summed E-state index contributed by atoms with van der Waals surface area (Å²) in [5, 5.41) is 12.1. The highest BCUT2D eigenvalue weighted by Crippen LogP contribution is 2.32. The maximum Gasteiger partial charge on any atom is 0.266 e. The number of benzene rings is 2. The number of nitrogens with zero attached hydrogens (tertiary/aromatic N) is 1. The minimum atomic E-state index is -0.485. The number of nitriles is 1. The number of ether oxygens (including phenoxy) is 2. The van der Waals surface area contributed by atoms with Gasteiger partial charge in [-0.05, 0) is 86.6 Å². The van der Waals surface area contributed by atoms with Crippen LogP contribution < -0.4 is 14.8 Å². The number of anilines is 1. The van der Waals surface area contributed by atoms with Gasteiger partial charge in [-0.1, -0.05) is 12.7 Å². The highest BCUT2D eigenvalue weighted by Gasteiger charge is 2.12. The van der Waals surface area contributed by atoms with Gasteiger partial charge in [0.05, 0.1) is 15.2 Å². The van der Waals surface area contributed by atoms with Crippen molar-refractivity contribution in [3.8, 4) is 17.6 Å². The molecule has 138 valence electrons. The number of halogens is 2. The summed E-state index contributed by atoms with van der Waals surface area (Å²) in [5.41, 5.74) is 1.28. The first-order valence-electron chi connectivity index (χ1n) is 7.78. The fraction of sp³-hybridized carbons (Fsp3) is 0.100. The molecule has 0 aliphatic rings. The molecular weight excluding hydrogens is 523 g/mol. The van der Waals surface area contributed by atoms with Crippen LogP contribution in [0.5, 0.6) is 11.5 Å². The average molecular weight is 539 g/mol. The van der Waals surface area contributed by atoms with Gasteiger partial charge in [0, 0.05) is 5.69 Å². The first-order chi connectivity index (χ1) is 13.0. The summed E-state index contributed by atoms with van der Waals surface area (Å²) in [6.45, 7) is 4.01. The lowest BCUT2D eigenvalue weighted by Crippen LogP contribution is -2.13. The molecule has 1 amide bonds. The van der Waals surface area contributed by atoms with E-state index in [1.54, 1.807) is 43.5 Å². The zero-order valence-electron chi connectivity index (χ0n) is 14.5. The van der Waals surface area contributed by atoms with Crippen LogP contribution in [-0.2, 0) is 4.79 Å². The van der Waals surface area contributed by atoms with Gasteiger partial charge in [-0.3, -0.25) is 4.79 Å². The Bertz CT molecular complexity index is 895. The highest BCUT2D eigenvalue weighted by atomic mass is 127. The molecule has 2 aromatic carbocycles. The summed E-state index contributed by atoms with van der Waals surface area (Å²) in [4.78, 5) is 12.4. The van der Waals surface area contributed by atoms with E-state index in [2.05, 4.69) is 50.4 Å². The first kappa shape index (κ1) is 21.0. The van der Waals surface area contributed by atoms with Gasteiger partial charge < -0.3 is 14.8 Å². The molecule has 0 spiro atoms. The Balaban J connectivity index is 2.22. The van der Waals surface area contributed by atoms with E-state index < -0.39 is 5.91 Å². The maximum absolute atomic E-state index is 12.4. The lowest BCUT2D eigenvalue weighted by Gasteiger charge is -2.10. The second-order valence-electron chi connectivity index (χ2n) is 5.27. The zero-order chi connectivity index (χ0) is 19.8. The molecule has 0 atom stereocenters. The number of hydrogen-bond acceptors (Lipinski definition) is 4. The van der Waals surface area contributed by atoms with Gasteiger partial charge in [0.2, 0.25) is 0 Å². The summed E-state index contributed by atoms with van der Waals surface area (Å²) < 4.78 is 12.3. The van der Waals surface area contributed by atoms with Crippen molar-refractivity contribution in [3.05, 3.63) is 68.2 Å². The van der Waals surface area contributed by atoms with Crippen LogP contribution in [0.1, 0.15) is 5.56 Å². The van der Waals surface area contributed by atoms with E-state index in [4.69, 9.17) is 9.47 Å². The Hall–Kier alpha value is -2.31. The fourth-order valence-electron chi connectivity index (χ4n) is 2.13. The van der Waals surface area contributed by atoms with Crippen molar-refractivity contribution in [2.24, 2.45) is 0 Å². The molecular formula is C20H16BrIN2O3. The second-order valence-corrected chi connectivity index (χ2v) is 7.28. The minimum Gasteiger partial charge on any atom is -0.497 e. The SMILES string of the molecule is C=CCOc1c(Br)cc(/C=C(/C#N)C(=O)Nc2ccc(OC)cc2)cc1I. The summed E-state index contributed by atoms with van der Waals surface area (Å²) in [5.74, 6) is 0.886. The van der Waals surface area contributed by atoms with E-state index in [0.29, 0.717) is 29.4 Å². The molecule has 0 radical (unpaired) electrons. The van der Waals surface area contributed by atoms with Crippen molar-refractivity contribution in [3.63, 3.8) is 0 Å². The van der Waals surface area contributed by atoms with Crippen molar-refractivity contribution in [2.45, 2.75) is 0 Å². The molecule has 0 aliphatic carbocycles. The molecule has 0 bridgehead atoms. The lowest BCUT2D eigenvalue weighted by atomic mass is 10.1. The Morgan fingerprint density at radius 1 is 1.37 bits per heavy atom. The van der Waals surface area contributed by atoms with E-state index in [0.717, 1.165) is 8.04 Å². The van der Waals surface area contributed by atoms with Crippen molar-refractivity contribution < 1.29 is 14.3 Å². The molecule has 0 heterocycles. The average Bonchev–Trinajstić information content (AvgIpc) is 2.66. The van der Waals surface area contributed by atoms with Crippen molar-refractivity contribution in [1.82, 2.24) is 0 Å². The molecule has 0 fully saturated rings. The molecule has 0 aromatic heterocycles. The van der Waals surface area contributed by atoms with Crippen LogP contribution in [0.25, 0.3) is 6.08 Å². The Morgan fingerprint density at radius 3 is 2.63 bits per heavy atom. The third-order valence-corrected chi connectivity index (χ3v) is 4.78. The number of amides is 1. The minimum absolute atomic E-state index is 0.00622. The zero-order valence-corrected chi connectivity index (χ0v) is 18.2. The third-order valence-electron chi connectivity index (χ3n) is 3.39. The highest BCUT2D eigenvalue weighted by molar-refractivity contribution is 14.1. The van der Waals surface area contributed by atoms with Crippen LogP contribution in [0.2, 0.25) is 0 Å². The second kappa shape index (κ2) is 10.1. The van der Waals surface area contributed by atoms with Gasteiger partial charge in [0.15, 0.2) is 0 Å².